The molecule has 0 saturated carbocycles. The van der Waals surface area contributed by atoms with Crippen molar-refractivity contribution in [1.29, 1.82) is 0 Å². The van der Waals surface area contributed by atoms with Crippen LogP contribution in [0.1, 0.15) is 104 Å². The first-order chi connectivity index (χ1) is 11.5. The van der Waals surface area contributed by atoms with Gasteiger partial charge >= 0.3 is 0 Å². The summed E-state index contributed by atoms with van der Waals surface area (Å²) >= 11 is 10.7. The van der Waals surface area contributed by atoms with Crippen LogP contribution in [-0.2, 0) is 9.59 Å². The van der Waals surface area contributed by atoms with E-state index < -0.39 is 0 Å². The molecule has 0 radical (unpaired) electrons. The van der Waals surface area contributed by atoms with Gasteiger partial charge in [-0.15, -0.1) is 0 Å². The second-order valence-electron chi connectivity index (χ2n) is 6.95. The maximum absolute atomic E-state index is 10.7. The Balaban J connectivity index is 3.82. The molecule has 0 amide bonds. The average Bonchev–Trinajstić information content (AvgIpc) is 2.54. The summed E-state index contributed by atoms with van der Waals surface area (Å²) in [6.07, 6.45) is 15.2. The molecular weight excluding hydrogens is 343 g/mol. The minimum absolute atomic E-state index is 0.206. The lowest BCUT2D eigenvalue weighted by molar-refractivity contribution is -0.112. The van der Waals surface area contributed by atoms with E-state index in [4.69, 9.17) is 23.2 Å². The third kappa shape index (κ3) is 14.3. The van der Waals surface area contributed by atoms with Crippen LogP contribution >= 0.6 is 23.2 Å². The Labute approximate surface area is 159 Å². The molecule has 142 valence electrons. The summed E-state index contributed by atoms with van der Waals surface area (Å²) in [7, 11) is 0. The van der Waals surface area contributed by atoms with E-state index in [1.807, 2.05) is 0 Å². The van der Waals surface area contributed by atoms with E-state index in [1.54, 1.807) is 0 Å². The van der Waals surface area contributed by atoms with Crippen molar-refractivity contribution >= 4 is 33.7 Å². The lowest BCUT2D eigenvalue weighted by atomic mass is 9.81. The second kappa shape index (κ2) is 16.4. The molecule has 0 spiro atoms. The van der Waals surface area contributed by atoms with Crippen molar-refractivity contribution in [1.82, 2.24) is 0 Å². The monoisotopic (exact) mass is 378 g/mol. The van der Waals surface area contributed by atoms with Gasteiger partial charge in [0.25, 0.3) is 0 Å². The number of halogens is 2. The lowest BCUT2D eigenvalue weighted by Crippen LogP contribution is -2.13. The number of unbranched alkanes of at least 4 members (excludes halogenated alkanes) is 6. The van der Waals surface area contributed by atoms with Crippen LogP contribution in [0.15, 0.2) is 0 Å². The molecule has 4 heteroatoms. The van der Waals surface area contributed by atoms with E-state index in [9.17, 15) is 9.59 Å². The molecule has 0 aromatic rings. The van der Waals surface area contributed by atoms with Crippen LogP contribution in [-0.4, -0.2) is 10.5 Å². The minimum atomic E-state index is -0.206. The number of rotatable bonds is 17. The maximum atomic E-state index is 10.7. The van der Waals surface area contributed by atoms with Gasteiger partial charge in [0.1, 0.15) is 0 Å². The van der Waals surface area contributed by atoms with Crippen LogP contribution in [0.25, 0.3) is 0 Å². The summed E-state index contributed by atoms with van der Waals surface area (Å²) in [5.41, 5.74) is 0. The first kappa shape index (κ1) is 23.9. The van der Waals surface area contributed by atoms with Crippen molar-refractivity contribution in [2.75, 3.05) is 0 Å². The highest BCUT2D eigenvalue weighted by Crippen LogP contribution is 2.30. The molecule has 2 nitrogen and oxygen atoms in total. The minimum Gasteiger partial charge on any atom is -0.281 e. The van der Waals surface area contributed by atoms with Gasteiger partial charge in [-0.1, -0.05) is 78.1 Å². The Kier molecular flexibility index (Phi) is 16.3. The van der Waals surface area contributed by atoms with E-state index in [2.05, 4.69) is 13.8 Å². The lowest BCUT2D eigenvalue weighted by Gasteiger charge is -2.25. The predicted octanol–water partition coefficient (Wildman–Crippen LogP) is 7.25. The molecule has 0 aromatic heterocycles. The number of carbonyl (C=O) groups is 2. The van der Waals surface area contributed by atoms with Crippen molar-refractivity contribution in [2.45, 2.75) is 104 Å². The molecule has 0 aliphatic rings. The van der Waals surface area contributed by atoms with Crippen LogP contribution in [0.3, 0.4) is 0 Å². The molecular formula is C20H36Cl2O2. The first-order valence-corrected chi connectivity index (χ1v) is 10.6. The van der Waals surface area contributed by atoms with Crippen LogP contribution in [0.4, 0.5) is 0 Å². The first-order valence-electron chi connectivity index (χ1n) is 9.87. The van der Waals surface area contributed by atoms with E-state index in [1.165, 1.54) is 51.4 Å². The van der Waals surface area contributed by atoms with Gasteiger partial charge in [-0.25, -0.2) is 0 Å². The van der Waals surface area contributed by atoms with Gasteiger partial charge in [-0.05, 0) is 47.9 Å². The van der Waals surface area contributed by atoms with Crippen molar-refractivity contribution < 1.29 is 9.59 Å². The molecule has 0 saturated heterocycles. The quantitative estimate of drug-likeness (QED) is 0.197. The summed E-state index contributed by atoms with van der Waals surface area (Å²) in [4.78, 5) is 21.4. The molecule has 24 heavy (non-hydrogen) atoms. The average molecular weight is 379 g/mol. The van der Waals surface area contributed by atoms with Crippen LogP contribution < -0.4 is 0 Å². The fourth-order valence-corrected chi connectivity index (χ4v) is 3.86. The molecule has 0 rings (SSSR count). The fourth-order valence-electron chi connectivity index (χ4n) is 3.59. The number of hydrogen-bond acceptors (Lipinski definition) is 2. The maximum Gasteiger partial charge on any atom is 0.221 e. The van der Waals surface area contributed by atoms with Gasteiger partial charge in [0.2, 0.25) is 10.5 Å². The Bertz CT molecular complexity index is 300. The second-order valence-corrected chi connectivity index (χ2v) is 7.80. The Hall–Kier alpha value is -0.0800. The SMILES string of the molecule is CCC(CCCCCCC(=O)Cl)C(CC)CCCCCCC(=O)Cl. The molecule has 2 unspecified atom stereocenters. The Morgan fingerprint density at radius 2 is 0.958 bits per heavy atom. The van der Waals surface area contributed by atoms with Crippen LogP contribution in [0.5, 0.6) is 0 Å². The van der Waals surface area contributed by atoms with E-state index in [-0.39, 0.29) is 10.5 Å². The van der Waals surface area contributed by atoms with E-state index >= 15 is 0 Å². The molecule has 0 heterocycles. The topological polar surface area (TPSA) is 34.1 Å². The van der Waals surface area contributed by atoms with Crippen LogP contribution in [0.2, 0.25) is 0 Å². The van der Waals surface area contributed by atoms with Gasteiger partial charge in [0, 0.05) is 12.8 Å². The molecule has 2 atom stereocenters. The smallest absolute Gasteiger partial charge is 0.221 e. The summed E-state index contributed by atoms with van der Waals surface area (Å²) in [5.74, 6) is 1.66. The highest BCUT2D eigenvalue weighted by molar-refractivity contribution is 6.63. The molecule has 0 fully saturated rings. The Morgan fingerprint density at radius 1 is 0.625 bits per heavy atom. The zero-order chi connectivity index (χ0) is 18.2. The van der Waals surface area contributed by atoms with Gasteiger partial charge in [-0.2, -0.15) is 0 Å². The molecule has 0 aliphatic carbocycles. The number of hydrogen-bond donors (Lipinski definition) is 0. The largest absolute Gasteiger partial charge is 0.281 e. The zero-order valence-corrected chi connectivity index (χ0v) is 17.1. The van der Waals surface area contributed by atoms with E-state index in [0.29, 0.717) is 12.8 Å². The molecule has 0 aliphatic heterocycles. The summed E-state index contributed by atoms with van der Waals surface area (Å²) in [6.45, 7) is 4.62. The molecule has 0 aromatic carbocycles. The predicted molar refractivity (Wildman–Crippen MR) is 105 cm³/mol. The van der Waals surface area contributed by atoms with E-state index in [0.717, 1.165) is 37.5 Å². The highest BCUT2D eigenvalue weighted by atomic mass is 35.5. The van der Waals surface area contributed by atoms with Crippen molar-refractivity contribution in [3.8, 4) is 0 Å². The summed E-state index contributed by atoms with van der Waals surface area (Å²) < 4.78 is 0. The van der Waals surface area contributed by atoms with Crippen molar-refractivity contribution in [2.24, 2.45) is 11.8 Å². The van der Waals surface area contributed by atoms with Gasteiger partial charge in [0.05, 0.1) is 0 Å². The van der Waals surface area contributed by atoms with Gasteiger partial charge in [0.15, 0.2) is 0 Å². The molecule has 0 bridgehead atoms. The third-order valence-electron chi connectivity index (χ3n) is 5.11. The van der Waals surface area contributed by atoms with Gasteiger partial charge in [-0.3, -0.25) is 9.59 Å². The summed E-state index contributed by atoms with van der Waals surface area (Å²) in [5, 5.41) is -0.411. The van der Waals surface area contributed by atoms with Crippen molar-refractivity contribution in [3.05, 3.63) is 0 Å². The molecule has 0 N–H and O–H groups in total. The fraction of sp³-hybridized carbons (Fsp3) is 0.900. The van der Waals surface area contributed by atoms with Gasteiger partial charge < -0.3 is 0 Å². The highest BCUT2D eigenvalue weighted by Gasteiger charge is 2.17. The Morgan fingerprint density at radius 3 is 1.25 bits per heavy atom. The normalized spacial score (nSPS) is 13.7. The zero-order valence-electron chi connectivity index (χ0n) is 15.6. The standard InChI is InChI=1S/C20H36Cl2O2/c1-3-17(13-9-5-7-11-15-19(21)23)18(4-2)14-10-6-8-12-16-20(22)24/h17-18H,3-16H2,1-2H3. The summed E-state index contributed by atoms with van der Waals surface area (Å²) in [6, 6.07) is 0. The van der Waals surface area contributed by atoms with Crippen molar-refractivity contribution in [3.63, 3.8) is 0 Å². The van der Waals surface area contributed by atoms with Crippen LogP contribution in [0, 0.1) is 11.8 Å². The number of carbonyl (C=O) groups excluding carboxylic acids is 2. The third-order valence-corrected chi connectivity index (χ3v) is 5.49.